The Kier molecular flexibility index (Phi) is 6.92. The Balaban J connectivity index is 1.81. The van der Waals surface area contributed by atoms with Gasteiger partial charge in [0.1, 0.15) is 17.2 Å². The van der Waals surface area contributed by atoms with Crippen LogP contribution in [0.15, 0.2) is 23.8 Å². The minimum Gasteiger partial charge on any atom is -0.458 e. The largest absolute Gasteiger partial charge is 0.458 e. The molecule has 11 nitrogen and oxygen atoms in total. The van der Waals surface area contributed by atoms with Crippen molar-refractivity contribution in [3.8, 4) is 11.3 Å². The first-order valence-corrected chi connectivity index (χ1v) is 11.4. The van der Waals surface area contributed by atoms with Crippen molar-refractivity contribution in [3.05, 3.63) is 34.5 Å². The fraction of sp³-hybridized carbons (Fsp3) is 0.455. The van der Waals surface area contributed by atoms with Crippen LogP contribution in [0.25, 0.3) is 16.9 Å². The van der Waals surface area contributed by atoms with E-state index in [-0.39, 0.29) is 12.1 Å². The average molecular weight is 489 g/mol. The molecule has 3 aromatic heterocycles. The van der Waals surface area contributed by atoms with Gasteiger partial charge in [-0.2, -0.15) is 5.10 Å². The maximum atomic E-state index is 12.8. The van der Waals surface area contributed by atoms with Gasteiger partial charge in [-0.3, -0.25) is 4.79 Å². The number of nitrogens with zero attached hydrogens (tertiary/aromatic N) is 4. The molecule has 182 valence electrons. The molecule has 0 radical (unpaired) electrons. The fourth-order valence-electron chi connectivity index (χ4n) is 2.86. The van der Waals surface area contributed by atoms with Crippen molar-refractivity contribution in [2.24, 2.45) is 5.73 Å². The third-order valence-corrected chi connectivity index (χ3v) is 5.05. The zero-order valence-corrected chi connectivity index (χ0v) is 20.7. The Bertz CT molecular complexity index is 1220. The minimum absolute atomic E-state index is 0.108. The first-order chi connectivity index (χ1) is 15.7. The molecule has 2 amide bonds. The van der Waals surface area contributed by atoms with Crippen molar-refractivity contribution in [1.82, 2.24) is 24.9 Å². The molecule has 3 heterocycles. The van der Waals surface area contributed by atoms with Gasteiger partial charge >= 0.3 is 12.1 Å². The topological polar surface area (TPSA) is 151 Å². The Morgan fingerprint density at radius 2 is 1.82 bits per heavy atom. The molecule has 34 heavy (non-hydrogen) atoms. The first-order valence-electron chi connectivity index (χ1n) is 10.5. The van der Waals surface area contributed by atoms with E-state index in [9.17, 15) is 14.4 Å². The molecule has 0 aliphatic carbocycles. The second kappa shape index (κ2) is 9.37. The number of carbonyl (C=O) groups excluding carboxylic acids is 3. The van der Waals surface area contributed by atoms with Crippen LogP contribution in [-0.2, 0) is 20.7 Å². The molecule has 0 fully saturated rings. The van der Waals surface area contributed by atoms with Gasteiger partial charge in [0.15, 0.2) is 11.3 Å². The highest BCUT2D eigenvalue weighted by atomic mass is 32.1. The van der Waals surface area contributed by atoms with Crippen LogP contribution in [0.5, 0.6) is 0 Å². The summed E-state index contributed by atoms with van der Waals surface area (Å²) < 4.78 is 12.2. The lowest BCUT2D eigenvalue weighted by Gasteiger charge is -2.26. The van der Waals surface area contributed by atoms with Crippen LogP contribution < -0.4 is 11.1 Å². The number of primary amides is 1. The summed E-state index contributed by atoms with van der Waals surface area (Å²) in [4.78, 5) is 45.3. The molecule has 3 aromatic rings. The number of nitrogens with one attached hydrogen (secondary N) is 1. The normalized spacial score (nSPS) is 12.9. The average Bonchev–Trinajstić information content (AvgIpc) is 3.30. The Morgan fingerprint density at radius 1 is 1.15 bits per heavy atom. The summed E-state index contributed by atoms with van der Waals surface area (Å²) in [5.74, 6) is -1.23. The van der Waals surface area contributed by atoms with Gasteiger partial charge in [0.05, 0.1) is 10.7 Å². The summed E-state index contributed by atoms with van der Waals surface area (Å²) >= 11 is 1.32. The van der Waals surface area contributed by atoms with Gasteiger partial charge in [0.2, 0.25) is 0 Å². The molecule has 0 bridgehead atoms. The minimum atomic E-state index is -0.988. The monoisotopic (exact) mass is 488 g/mol. The molecule has 0 aromatic carbocycles. The number of rotatable bonds is 6. The highest BCUT2D eigenvalue weighted by Crippen LogP contribution is 2.23. The van der Waals surface area contributed by atoms with E-state index in [2.05, 4.69) is 20.4 Å². The highest BCUT2D eigenvalue weighted by Gasteiger charge is 2.30. The van der Waals surface area contributed by atoms with Gasteiger partial charge < -0.3 is 20.5 Å². The van der Waals surface area contributed by atoms with Gasteiger partial charge in [-0.15, -0.1) is 11.3 Å². The number of fused-ring (bicyclic) bond motifs is 1. The molecule has 0 saturated heterocycles. The van der Waals surface area contributed by atoms with Crippen LogP contribution in [0, 0.1) is 0 Å². The van der Waals surface area contributed by atoms with E-state index in [4.69, 9.17) is 15.2 Å². The predicted molar refractivity (Wildman–Crippen MR) is 125 cm³/mol. The molecule has 3 N–H and O–H groups in total. The Morgan fingerprint density at radius 3 is 2.44 bits per heavy atom. The number of aromatic nitrogens is 4. The van der Waals surface area contributed by atoms with E-state index in [0.29, 0.717) is 21.9 Å². The van der Waals surface area contributed by atoms with Crippen LogP contribution in [0.1, 0.15) is 57.0 Å². The number of hydrogen-bond acceptors (Lipinski definition) is 9. The molecule has 0 spiro atoms. The summed E-state index contributed by atoms with van der Waals surface area (Å²) in [6.07, 6.45) is 2.67. The Labute approximate surface area is 200 Å². The summed E-state index contributed by atoms with van der Waals surface area (Å²) in [7, 11) is 0. The molecular formula is C22H28N6O5S. The number of alkyl carbamates (subject to hydrolysis) is 1. The van der Waals surface area contributed by atoms with Crippen LogP contribution >= 0.6 is 11.3 Å². The smallest absolute Gasteiger partial charge is 0.408 e. The van der Waals surface area contributed by atoms with E-state index in [1.807, 2.05) is 0 Å². The third-order valence-electron chi connectivity index (χ3n) is 4.17. The van der Waals surface area contributed by atoms with Gasteiger partial charge in [-0.1, -0.05) is 0 Å². The van der Waals surface area contributed by atoms with Crippen LogP contribution in [0.3, 0.4) is 0 Å². The van der Waals surface area contributed by atoms with E-state index in [1.165, 1.54) is 21.9 Å². The zero-order valence-electron chi connectivity index (χ0n) is 19.9. The van der Waals surface area contributed by atoms with Gasteiger partial charge in [-0.25, -0.2) is 24.1 Å². The third kappa shape index (κ3) is 6.73. The van der Waals surface area contributed by atoms with E-state index < -0.39 is 35.2 Å². The fourth-order valence-corrected chi connectivity index (χ4v) is 3.71. The number of thiazole rings is 1. The molecule has 0 aliphatic rings. The predicted octanol–water partition coefficient (Wildman–Crippen LogP) is 2.73. The summed E-state index contributed by atoms with van der Waals surface area (Å²) in [5, 5.41) is 9.10. The summed E-state index contributed by atoms with van der Waals surface area (Å²) in [5.41, 5.74) is 5.67. The van der Waals surface area contributed by atoms with Crippen LogP contribution in [0.2, 0.25) is 0 Å². The second-order valence-corrected chi connectivity index (χ2v) is 10.5. The number of nitrogens with two attached hydrogens (primary N) is 1. The Hall–Kier alpha value is -3.54. The lowest BCUT2D eigenvalue weighted by molar-refractivity contribution is -0.157. The van der Waals surface area contributed by atoms with Crippen molar-refractivity contribution < 1.29 is 23.9 Å². The van der Waals surface area contributed by atoms with Crippen molar-refractivity contribution in [3.63, 3.8) is 0 Å². The standard InChI is InChI=1S/C22H28N6O5S/c1-21(2,3)32-19(30)14(26-20(31)33-22(4,5)6)8-17-25-15(11-34-17)12-9-24-16-7-13(18(23)29)27-28(16)10-12/h7,9-11,14H,8H2,1-6H3,(H2,23,29)(H,26,31)/t14-/m0/s1. The van der Waals surface area contributed by atoms with Crippen LogP contribution in [-0.4, -0.2) is 54.8 Å². The second-order valence-electron chi connectivity index (χ2n) is 9.60. The number of carbonyl (C=O) groups is 3. The van der Waals surface area contributed by atoms with Crippen molar-refractivity contribution in [1.29, 1.82) is 0 Å². The molecule has 0 unspecified atom stereocenters. The molecular weight excluding hydrogens is 460 g/mol. The summed E-state index contributed by atoms with van der Waals surface area (Å²) in [6.45, 7) is 10.5. The molecule has 1 atom stereocenters. The van der Waals surface area contributed by atoms with Gasteiger partial charge in [0.25, 0.3) is 5.91 Å². The van der Waals surface area contributed by atoms with E-state index >= 15 is 0 Å². The molecule has 3 rings (SSSR count). The number of amides is 2. The molecule has 12 heteroatoms. The summed E-state index contributed by atoms with van der Waals surface area (Å²) in [6, 6.07) is 0.504. The van der Waals surface area contributed by atoms with Crippen molar-refractivity contribution in [2.45, 2.75) is 65.2 Å². The lowest BCUT2D eigenvalue weighted by atomic mass is 10.1. The first kappa shape index (κ1) is 25.1. The quantitative estimate of drug-likeness (QED) is 0.503. The molecule has 0 saturated carbocycles. The van der Waals surface area contributed by atoms with E-state index in [0.717, 1.165) is 0 Å². The maximum absolute atomic E-state index is 12.8. The number of ether oxygens (including phenoxy) is 2. The van der Waals surface area contributed by atoms with Gasteiger partial charge in [-0.05, 0) is 41.5 Å². The SMILES string of the molecule is CC(C)(C)OC(=O)N[C@@H](Cc1nc(-c2cnc3cc(C(N)=O)nn3c2)cs1)C(=O)OC(C)(C)C. The highest BCUT2D eigenvalue weighted by molar-refractivity contribution is 7.10. The molecule has 0 aliphatic heterocycles. The van der Waals surface area contributed by atoms with E-state index in [1.54, 1.807) is 59.3 Å². The number of hydrogen-bond donors (Lipinski definition) is 2. The van der Waals surface area contributed by atoms with Crippen LogP contribution in [0.4, 0.5) is 4.79 Å². The zero-order chi connectivity index (χ0) is 25.3. The van der Waals surface area contributed by atoms with Crippen molar-refractivity contribution >= 4 is 35.0 Å². The number of esters is 1. The van der Waals surface area contributed by atoms with Gasteiger partial charge in [0, 0.05) is 35.8 Å². The van der Waals surface area contributed by atoms with Crippen molar-refractivity contribution in [2.75, 3.05) is 0 Å². The lowest BCUT2D eigenvalue weighted by Crippen LogP contribution is -2.47. The maximum Gasteiger partial charge on any atom is 0.408 e.